The van der Waals surface area contributed by atoms with E-state index in [1.807, 2.05) is 6.07 Å². The van der Waals surface area contributed by atoms with Crippen LogP contribution in [0.4, 0.5) is 11.5 Å². The molecule has 1 amide bonds. The molecule has 18 heavy (non-hydrogen) atoms. The average molecular weight is 244 g/mol. The van der Waals surface area contributed by atoms with Crippen molar-refractivity contribution in [3.8, 4) is 0 Å². The number of hydrogen-bond donors (Lipinski definition) is 3. The Hall–Kier alpha value is -2.63. The molecule has 0 radical (unpaired) electrons. The second-order valence-electron chi connectivity index (χ2n) is 3.75. The lowest BCUT2D eigenvalue weighted by Gasteiger charge is -2.08. The number of anilines is 2. The number of rotatable bonds is 2. The molecule has 0 fully saturated rings. The zero-order valence-corrected chi connectivity index (χ0v) is 9.73. The summed E-state index contributed by atoms with van der Waals surface area (Å²) in [4.78, 5) is 29.0. The third-order valence-corrected chi connectivity index (χ3v) is 2.41. The number of nitrogen functional groups attached to an aromatic ring is 1. The predicted octanol–water partition coefficient (Wildman–Crippen LogP) is 0.913. The molecular formula is C12H12N4O2. The van der Waals surface area contributed by atoms with Crippen LogP contribution in [0.5, 0.6) is 0 Å². The standard InChI is InChI=1S/C12H12N4O2/c1-7-9(10(13)16-12(18)14-7)11(17)15-8-5-3-2-4-6-8/h2-6H,1H3,(H,15,17)(H3,13,14,16,18). The molecule has 0 saturated carbocycles. The number of amides is 1. The van der Waals surface area contributed by atoms with Crippen LogP contribution in [0, 0.1) is 6.92 Å². The molecule has 0 spiro atoms. The van der Waals surface area contributed by atoms with E-state index in [1.54, 1.807) is 31.2 Å². The molecule has 0 unspecified atom stereocenters. The highest BCUT2D eigenvalue weighted by Gasteiger charge is 2.15. The Morgan fingerprint density at radius 2 is 2.00 bits per heavy atom. The first-order valence-electron chi connectivity index (χ1n) is 5.30. The van der Waals surface area contributed by atoms with Gasteiger partial charge in [-0.1, -0.05) is 18.2 Å². The molecule has 0 aliphatic carbocycles. The second kappa shape index (κ2) is 4.70. The van der Waals surface area contributed by atoms with E-state index in [-0.39, 0.29) is 11.4 Å². The molecule has 1 aromatic carbocycles. The fourth-order valence-electron chi connectivity index (χ4n) is 1.61. The molecule has 1 aromatic heterocycles. The molecule has 0 saturated heterocycles. The first kappa shape index (κ1) is 11.8. The number of nitrogens with zero attached hydrogens (tertiary/aromatic N) is 1. The van der Waals surface area contributed by atoms with Crippen molar-refractivity contribution in [2.45, 2.75) is 6.92 Å². The SMILES string of the molecule is Cc1[nH]c(=O)nc(N)c1C(=O)Nc1ccccc1. The van der Waals surface area contributed by atoms with E-state index < -0.39 is 11.6 Å². The van der Waals surface area contributed by atoms with Gasteiger partial charge in [0.15, 0.2) is 0 Å². The van der Waals surface area contributed by atoms with Gasteiger partial charge in [-0.3, -0.25) is 4.79 Å². The number of nitrogens with one attached hydrogen (secondary N) is 2. The minimum atomic E-state index is -0.568. The van der Waals surface area contributed by atoms with Crippen molar-refractivity contribution in [1.29, 1.82) is 0 Å². The lowest BCUT2D eigenvalue weighted by molar-refractivity contribution is 0.102. The highest BCUT2D eigenvalue weighted by Crippen LogP contribution is 2.13. The monoisotopic (exact) mass is 244 g/mol. The van der Waals surface area contributed by atoms with Gasteiger partial charge in [-0.15, -0.1) is 0 Å². The van der Waals surface area contributed by atoms with E-state index in [0.29, 0.717) is 11.4 Å². The molecular weight excluding hydrogens is 232 g/mol. The van der Waals surface area contributed by atoms with Crippen LogP contribution in [0.15, 0.2) is 35.1 Å². The number of para-hydroxylation sites is 1. The number of H-pyrrole nitrogens is 1. The summed E-state index contributed by atoms with van der Waals surface area (Å²) in [5, 5.41) is 2.68. The fourth-order valence-corrected chi connectivity index (χ4v) is 1.61. The Kier molecular flexibility index (Phi) is 3.09. The maximum Gasteiger partial charge on any atom is 0.347 e. The van der Waals surface area contributed by atoms with Crippen molar-refractivity contribution < 1.29 is 4.79 Å². The molecule has 0 bridgehead atoms. The molecule has 2 rings (SSSR count). The summed E-state index contributed by atoms with van der Waals surface area (Å²) in [6, 6.07) is 8.95. The van der Waals surface area contributed by atoms with Crippen LogP contribution < -0.4 is 16.7 Å². The van der Waals surface area contributed by atoms with Crippen LogP contribution >= 0.6 is 0 Å². The van der Waals surface area contributed by atoms with E-state index in [1.165, 1.54) is 0 Å². The Morgan fingerprint density at radius 1 is 1.33 bits per heavy atom. The lowest BCUT2D eigenvalue weighted by Crippen LogP contribution is -2.23. The average Bonchev–Trinajstić information content (AvgIpc) is 2.28. The summed E-state index contributed by atoms with van der Waals surface area (Å²) >= 11 is 0. The fraction of sp³-hybridized carbons (Fsp3) is 0.0833. The number of carbonyl (C=O) groups excluding carboxylic acids is 1. The summed E-state index contributed by atoms with van der Waals surface area (Å²) in [6.45, 7) is 1.60. The van der Waals surface area contributed by atoms with Crippen molar-refractivity contribution in [1.82, 2.24) is 9.97 Å². The van der Waals surface area contributed by atoms with Crippen molar-refractivity contribution in [2.24, 2.45) is 0 Å². The van der Waals surface area contributed by atoms with Crippen molar-refractivity contribution in [2.75, 3.05) is 11.1 Å². The molecule has 0 aliphatic heterocycles. The van der Waals surface area contributed by atoms with E-state index in [4.69, 9.17) is 5.73 Å². The zero-order chi connectivity index (χ0) is 13.1. The Labute approximate surface area is 103 Å². The van der Waals surface area contributed by atoms with Gasteiger partial charge >= 0.3 is 5.69 Å². The second-order valence-corrected chi connectivity index (χ2v) is 3.75. The topological polar surface area (TPSA) is 101 Å². The summed E-state index contributed by atoms with van der Waals surface area (Å²) in [7, 11) is 0. The van der Waals surface area contributed by atoms with Gasteiger partial charge in [0, 0.05) is 11.4 Å². The number of aryl methyl sites for hydroxylation is 1. The van der Waals surface area contributed by atoms with Crippen molar-refractivity contribution in [3.05, 3.63) is 52.1 Å². The van der Waals surface area contributed by atoms with E-state index in [9.17, 15) is 9.59 Å². The van der Waals surface area contributed by atoms with Crippen LogP contribution in [0.25, 0.3) is 0 Å². The number of benzene rings is 1. The lowest BCUT2D eigenvalue weighted by atomic mass is 10.2. The zero-order valence-electron chi connectivity index (χ0n) is 9.73. The summed E-state index contributed by atoms with van der Waals surface area (Å²) in [6.07, 6.45) is 0. The highest BCUT2D eigenvalue weighted by molar-refractivity contribution is 6.07. The van der Waals surface area contributed by atoms with Gasteiger partial charge < -0.3 is 16.0 Å². The van der Waals surface area contributed by atoms with E-state index in [2.05, 4.69) is 15.3 Å². The normalized spacial score (nSPS) is 10.1. The summed E-state index contributed by atoms with van der Waals surface area (Å²) in [5.41, 5.74) is 6.23. The summed E-state index contributed by atoms with van der Waals surface area (Å²) < 4.78 is 0. The van der Waals surface area contributed by atoms with Crippen LogP contribution in [-0.2, 0) is 0 Å². The Morgan fingerprint density at radius 3 is 2.61 bits per heavy atom. The Balaban J connectivity index is 2.33. The van der Waals surface area contributed by atoms with E-state index >= 15 is 0 Å². The number of carbonyl (C=O) groups is 1. The van der Waals surface area contributed by atoms with E-state index in [0.717, 1.165) is 0 Å². The largest absolute Gasteiger partial charge is 0.383 e. The molecule has 2 aromatic rings. The molecule has 92 valence electrons. The van der Waals surface area contributed by atoms with Gasteiger partial charge in [-0.05, 0) is 19.1 Å². The van der Waals surface area contributed by atoms with Crippen molar-refractivity contribution >= 4 is 17.4 Å². The van der Waals surface area contributed by atoms with Gasteiger partial charge in [0.2, 0.25) is 0 Å². The minimum absolute atomic E-state index is 0.0790. The van der Waals surface area contributed by atoms with Gasteiger partial charge in [-0.25, -0.2) is 4.79 Å². The van der Waals surface area contributed by atoms with Gasteiger partial charge in [0.1, 0.15) is 11.4 Å². The molecule has 6 nitrogen and oxygen atoms in total. The Bertz CT molecular complexity index is 608. The van der Waals surface area contributed by atoms with Gasteiger partial charge in [0.25, 0.3) is 5.91 Å². The number of aromatic nitrogens is 2. The van der Waals surface area contributed by atoms with Crippen LogP contribution in [0.1, 0.15) is 16.1 Å². The van der Waals surface area contributed by atoms with Crippen LogP contribution in [0.2, 0.25) is 0 Å². The van der Waals surface area contributed by atoms with Crippen LogP contribution in [-0.4, -0.2) is 15.9 Å². The quantitative estimate of drug-likeness (QED) is 0.730. The summed E-state index contributed by atoms with van der Waals surface area (Å²) in [5.74, 6) is -0.482. The molecule has 0 aliphatic rings. The predicted molar refractivity (Wildman–Crippen MR) is 68.4 cm³/mol. The van der Waals surface area contributed by atoms with Crippen molar-refractivity contribution in [3.63, 3.8) is 0 Å². The molecule has 6 heteroatoms. The minimum Gasteiger partial charge on any atom is -0.383 e. The third kappa shape index (κ3) is 2.37. The maximum absolute atomic E-state index is 12.0. The van der Waals surface area contributed by atoms with Gasteiger partial charge in [-0.2, -0.15) is 4.98 Å². The number of aromatic amines is 1. The van der Waals surface area contributed by atoms with Crippen LogP contribution in [0.3, 0.4) is 0 Å². The molecule has 4 N–H and O–H groups in total. The number of nitrogens with two attached hydrogens (primary N) is 1. The smallest absolute Gasteiger partial charge is 0.347 e. The maximum atomic E-state index is 12.0. The molecule has 0 atom stereocenters. The molecule has 1 heterocycles. The highest BCUT2D eigenvalue weighted by atomic mass is 16.2. The van der Waals surface area contributed by atoms with Gasteiger partial charge in [0.05, 0.1) is 0 Å². The number of hydrogen-bond acceptors (Lipinski definition) is 4. The third-order valence-electron chi connectivity index (χ3n) is 2.41. The first-order valence-corrected chi connectivity index (χ1v) is 5.30. The first-order chi connectivity index (χ1) is 8.58.